The van der Waals surface area contributed by atoms with Gasteiger partial charge in [-0.2, -0.15) is 0 Å². The summed E-state index contributed by atoms with van der Waals surface area (Å²) in [7, 11) is 0. The second-order valence-corrected chi connectivity index (χ2v) is 10.6. The highest BCUT2D eigenvalue weighted by Gasteiger charge is 2.26. The van der Waals surface area contributed by atoms with Gasteiger partial charge in [-0.05, 0) is 37.1 Å². The fourth-order valence-corrected chi connectivity index (χ4v) is 5.11. The van der Waals surface area contributed by atoms with E-state index in [1.807, 2.05) is 43.5 Å². The van der Waals surface area contributed by atoms with Crippen LogP contribution >= 0.6 is 46.6 Å². The van der Waals surface area contributed by atoms with E-state index in [2.05, 4.69) is 27.4 Å². The van der Waals surface area contributed by atoms with E-state index in [0.717, 1.165) is 5.56 Å². The van der Waals surface area contributed by atoms with E-state index in [-0.39, 0.29) is 33.5 Å². The standard InChI is InChI=1S/C25H26Cl3N5O2S/c1-5-9-33-23(21(14(2)3)30-24(35)16-8-6-7-15(4)10-16)31-32-25(33)36-13-20(34)29-22-18(27)11-17(26)12-19(22)28/h5-8,10-12,14,21H,1,9,13H2,2-4H3,(H,29,34)(H,30,35)/t21-/m0/s1. The molecule has 0 aliphatic heterocycles. The van der Waals surface area contributed by atoms with E-state index < -0.39 is 6.04 Å². The number of anilines is 1. The summed E-state index contributed by atoms with van der Waals surface area (Å²) in [6.07, 6.45) is 1.71. The van der Waals surface area contributed by atoms with Crippen LogP contribution in [-0.2, 0) is 11.3 Å². The molecule has 0 aliphatic rings. The number of carbonyl (C=O) groups is 2. The summed E-state index contributed by atoms with van der Waals surface area (Å²) in [4.78, 5) is 25.6. The van der Waals surface area contributed by atoms with Gasteiger partial charge in [0, 0.05) is 17.1 Å². The number of aryl methyl sites for hydroxylation is 1. The Bertz CT molecular complexity index is 1260. The van der Waals surface area contributed by atoms with Crippen molar-refractivity contribution in [3.05, 3.63) is 81.1 Å². The molecule has 0 fully saturated rings. The molecule has 2 aromatic carbocycles. The highest BCUT2D eigenvalue weighted by Crippen LogP contribution is 2.34. The van der Waals surface area contributed by atoms with Gasteiger partial charge in [0.15, 0.2) is 11.0 Å². The number of hydrogen-bond acceptors (Lipinski definition) is 5. The molecule has 0 bridgehead atoms. The van der Waals surface area contributed by atoms with Crippen LogP contribution in [0.15, 0.2) is 54.2 Å². The van der Waals surface area contributed by atoms with Crippen molar-refractivity contribution in [1.82, 2.24) is 20.1 Å². The van der Waals surface area contributed by atoms with Gasteiger partial charge in [-0.15, -0.1) is 16.8 Å². The lowest BCUT2D eigenvalue weighted by molar-refractivity contribution is -0.113. The predicted molar refractivity (Wildman–Crippen MR) is 147 cm³/mol. The number of nitrogens with zero attached hydrogens (tertiary/aromatic N) is 3. The molecule has 1 aromatic heterocycles. The Morgan fingerprint density at radius 1 is 1.14 bits per heavy atom. The highest BCUT2D eigenvalue weighted by atomic mass is 35.5. The Labute approximate surface area is 229 Å². The molecular weight excluding hydrogens is 541 g/mol. The molecule has 0 radical (unpaired) electrons. The van der Waals surface area contributed by atoms with Gasteiger partial charge in [0.05, 0.1) is 27.5 Å². The normalized spacial score (nSPS) is 11.9. The fourth-order valence-electron chi connectivity index (χ4n) is 3.45. The van der Waals surface area contributed by atoms with Crippen molar-refractivity contribution in [2.24, 2.45) is 5.92 Å². The van der Waals surface area contributed by atoms with E-state index in [4.69, 9.17) is 34.8 Å². The van der Waals surface area contributed by atoms with Crippen molar-refractivity contribution in [1.29, 1.82) is 0 Å². The third kappa shape index (κ3) is 7.03. The topological polar surface area (TPSA) is 88.9 Å². The maximum atomic E-state index is 12.9. The summed E-state index contributed by atoms with van der Waals surface area (Å²) >= 11 is 19.5. The van der Waals surface area contributed by atoms with E-state index in [1.165, 1.54) is 23.9 Å². The van der Waals surface area contributed by atoms with Crippen LogP contribution in [0.3, 0.4) is 0 Å². The Balaban J connectivity index is 1.77. The Morgan fingerprint density at radius 3 is 2.44 bits per heavy atom. The minimum Gasteiger partial charge on any atom is -0.342 e. The number of carbonyl (C=O) groups excluding carboxylic acids is 2. The third-order valence-electron chi connectivity index (χ3n) is 5.17. The van der Waals surface area contributed by atoms with E-state index in [9.17, 15) is 9.59 Å². The highest BCUT2D eigenvalue weighted by molar-refractivity contribution is 7.99. The molecule has 2 N–H and O–H groups in total. The first kappa shape index (κ1) is 28.1. The summed E-state index contributed by atoms with van der Waals surface area (Å²) < 4.78 is 1.84. The zero-order valence-electron chi connectivity index (χ0n) is 20.0. The van der Waals surface area contributed by atoms with Crippen LogP contribution in [0.25, 0.3) is 0 Å². The lowest BCUT2D eigenvalue weighted by atomic mass is 10.0. The zero-order chi connectivity index (χ0) is 26.4. The number of nitrogens with one attached hydrogen (secondary N) is 2. The molecule has 0 aliphatic carbocycles. The second-order valence-electron chi connectivity index (χ2n) is 8.39. The molecule has 0 saturated heterocycles. The molecule has 0 unspecified atom stereocenters. The molecule has 1 atom stereocenters. The molecule has 3 aromatic rings. The van der Waals surface area contributed by atoms with Gasteiger partial charge in [-0.1, -0.05) is 84.2 Å². The summed E-state index contributed by atoms with van der Waals surface area (Å²) in [5, 5.41) is 15.8. The lowest BCUT2D eigenvalue weighted by Gasteiger charge is -2.22. The SMILES string of the molecule is C=CCn1c(SCC(=O)Nc2c(Cl)cc(Cl)cc2Cl)nnc1[C@@H](NC(=O)c1cccc(C)c1)C(C)C. The Hall–Kier alpha value is -2.52. The quantitative estimate of drug-likeness (QED) is 0.213. The van der Waals surface area contributed by atoms with Crippen LogP contribution in [0.1, 0.15) is 41.6 Å². The number of thioether (sulfide) groups is 1. The van der Waals surface area contributed by atoms with Crippen LogP contribution in [0.5, 0.6) is 0 Å². The maximum Gasteiger partial charge on any atom is 0.251 e. The van der Waals surface area contributed by atoms with E-state index in [1.54, 1.807) is 12.1 Å². The third-order valence-corrected chi connectivity index (χ3v) is 6.95. The second kappa shape index (κ2) is 12.6. The number of benzene rings is 2. The van der Waals surface area contributed by atoms with Gasteiger partial charge in [0.1, 0.15) is 0 Å². The van der Waals surface area contributed by atoms with Crippen LogP contribution in [0, 0.1) is 12.8 Å². The summed E-state index contributed by atoms with van der Waals surface area (Å²) in [6, 6.07) is 9.99. The van der Waals surface area contributed by atoms with E-state index in [0.29, 0.717) is 33.8 Å². The van der Waals surface area contributed by atoms with Crippen molar-refractivity contribution in [2.75, 3.05) is 11.1 Å². The largest absolute Gasteiger partial charge is 0.342 e. The molecule has 7 nitrogen and oxygen atoms in total. The number of rotatable bonds is 10. The van der Waals surface area contributed by atoms with Gasteiger partial charge in [-0.3, -0.25) is 9.59 Å². The molecule has 2 amide bonds. The van der Waals surface area contributed by atoms with Gasteiger partial charge >= 0.3 is 0 Å². The minimum absolute atomic E-state index is 0.0295. The first-order chi connectivity index (χ1) is 17.1. The van der Waals surface area contributed by atoms with Crippen LogP contribution in [-0.4, -0.2) is 32.3 Å². The van der Waals surface area contributed by atoms with Crippen molar-refractivity contribution in [3.8, 4) is 0 Å². The van der Waals surface area contributed by atoms with Crippen LogP contribution in [0.2, 0.25) is 15.1 Å². The molecule has 3 rings (SSSR count). The summed E-state index contributed by atoms with van der Waals surface area (Å²) in [6.45, 7) is 10.2. The zero-order valence-corrected chi connectivity index (χ0v) is 23.1. The van der Waals surface area contributed by atoms with Gasteiger partial charge in [-0.25, -0.2) is 0 Å². The maximum absolute atomic E-state index is 12.9. The number of halogens is 3. The van der Waals surface area contributed by atoms with Gasteiger partial charge in [0.25, 0.3) is 5.91 Å². The van der Waals surface area contributed by atoms with Crippen molar-refractivity contribution < 1.29 is 9.59 Å². The average molecular weight is 567 g/mol. The molecular formula is C25H26Cl3N5O2S. The monoisotopic (exact) mass is 565 g/mol. The van der Waals surface area contributed by atoms with Crippen molar-refractivity contribution in [3.63, 3.8) is 0 Å². The van der Waals surface area contributed by atoms with Gasteiger partial charge in [0.2, 0.25) is 5.91 Å². The average Bonchev–Trinajstić information content (AvgIpc) is 3.20. The lowest BCUT2D eigenvalue weighted by Crippen LogP contribution is -2.34. The first-order valence-corrected chi connectivity index (χ1v) is 13.2. The predicted octanol–water partition coefficient (Wildman–Crippen LogP) is 6.59. The molecule has 190 valence electrons. The van der Waals surface area contributed by atoms with Crippen LogP contribution in [0.4, 0.5) is 5.69 Å². The number of allylic oxidation sites excluding steroid dienone is 1. The molecule has 36 heavy (non-hydrogen) atoms. The first-order valence-electron chi connectivity index (χ1n) is 11.1. The summed E-state index contributed by atoms with van der Waals surface area (Å²) in [5.41, 5.74) is 1.86. The molecule has 1 heterocycles. The Kier molecular flexibility index (Phi) is 9.84. The smallest absolute Gasteiger partial charge is 0.251 e. The summed E-state index contributed by atoms with van der Waals surface area (Å²) in [5.74, 6) is 0.122. The van der Waals surface area contributed by atoms with Crippen molar-refractivity contribution in [2.45, 2.75) is 38.5 Å². The Morgan fingerprint density at radius 2 is 1.83 bits per heavy atom. The number of amides is 2. The fraction of sp³-hybridized carbons (Fsp3) is 0.280. The van der Waals surface area contributed by atoms with E-state index >= 15 is 0 Å². The van der Waals surface area contributed by atoms with Crippen molar-refractivity contribution >= 4 is 64.1 Å². The van der Waals surface area contributed by atoms with Gasteiger partial charge < -0.3 is 15.2 Å². The molecule has 0 saturated carbocycles. The minimum atomic E-state index is -0.402. The van der Waals surface area contributed by atoms with Crippen LogP contribution < -0.4 is 10.6 Å². The molecule has 0 spiro atoms. The molecule has 11 heteroatoms. The number of aromatic nitrogens is 3. The number of hydrogen-bond donors (Lipinski definition) is 2.